The third-order valence-corrected chi connectivity index (χ3v) is 4.59. The largest absolute Gasteiger partial charge is 0.469 e. The van der Waals surface area contributed by atoms with E-state index in [0.29, 0.717) is 25.7 Å². The van der Waals surface area contributed by atoms with Gasteiger partial charge in [0.2, 0.25) is 5.00 Å². The van der Waals surface area contributed by atoms with Crippen LogP contribution in [-0.2, 0) is 19.6 Å². The van der Waals surface area contributed by atoms with Gasteiger partial charge in [-0.1, -0.05) is 19.3 Å². The molecule has 100 valence electrons. The number of ether oxygens (including phenoxy) is 1. The minimum Gasteiger partial charge on any atom is -0.469 e. The highest BCUT2D eigenvalue weighted by atomic mass is 32.2. The smallest absolute Gasteiger partial charge is 0.309 e. The highest BCUT2D eigenvalue weighted by Crippen LogP contribution is 2.41. The molecule has 1 aliphatic rings. The first kappa shape index (κ1) is 14.4. The second-order valence-electron chi connectivity index (χ2n) is 4.35. The van der Waals surface area contributed by atoms with Crippen LogP contribution in [0.25, 0.3) is 0 Å². The summed E-state index contributed by atoms with van der Waals surface area (Å²) in [5, 5.41) is -2.92. The van der Waals surface area contributed by atoms with E-state index in [1.54, 1.807) is 0 Å². The summed E-state index contributed by atoms with van der Waals surface area (Å²) in [5.74, 6) is -1.82. The summed E-state index contributed by atoms with van der Waals surface area (Å²) in [7, 11) is -3.89. The van der Waals surface area contributed by atoms with Crippen LogP contribution in [0.3, 0.4) is 0 Å². The summed E-state index contributed by atoms with van der Waals surface area (Å²) in [4.78, 5) is 11.1. The average molecular weight is 268 g/mol. The van der Waals surface area contributed by atoms with Gasteiger partial charge in [0.15, 0.2) is 0 Å². The molecule has 0 radical (unpaired) electrons. The Kier molecular flexibility index (Phi) is 4.48. The molecule has 1 fully saturated rings. The predicted octanol–water partition coefficient (Wildman–Crippen LogP) is 1.68. The van der Waals surface area contributed by atoms with Gasteiger partial charge in [-0.3, -0.25) is 9.35 Å². The zero-order valence-corrected chi connectivity index (χ0v) is 10.5. The zero-order valence-electron chi connectivity index (χ0n) is 9.69. The lowest BCUT2D eigenvalue weighted by Gasteiger charge is -2.32. The molecule has 1 unspecified atom stereocenters. The molecule has 0 spiro atoms. The van der Waals surface area contributed by atoms with E-state index < -0.39 is 33.4 Å². The van der Waals surface area contributed by atoms with Gasteiger partial charge < -0.3 is 4.74 Å². The molecule has 0 bridgehead atoms. The van der Waals surface area contributed by atoms with Crippen molar-refractivity contribution in [2.75, 3.05) is 7.11 Å². The van der Waals surface area contributed by atoms with Crippen molar-refractivity contribution in [1.82, 2.24) is 0 Å². The van der Waals surface area contributed by atoms with Crippen molar-refractivity contribution in [3.63, 3.8) is 0 Å². The third-order valence-electron chi connectivity index (χ3n) is 3.26. The van der Waals surface area contributed by atoms with Gasteiger partial charge in [-0.05, 0) is 12.8 Å². The molecule has 1 atom stereocenters. The van der Waals surface area contributed by atoms with Crippen molar-refractivity contribution in [3.8, 4) is 0 Å². The highest BCUT2D eigenvalue weighted by Gasteiger charge is 2.52. The first-order valence-corrected chi connectivity index (χ1v) is 6.98. The van der Waals surface area contributed by atoms with Crippen LogP contribution >= 0.6 is 0 Å². The molecule has 1 N–H and O–H groups in total. The van der Waals surface area contributed by atoms with Gasteiger partial charge in [-0.25, -0.2) is 4.39 Å². The maximum absolute atomic E-state index is 14.5. The Morgan fingerprint density at radius 2 is 1.94 bits per heavy atom. The monoisotopic (exact) mass is 268 g/mol. The standard InChI is InChI=1S/C10H17FO5S/c1-16-9(12)7-10(11,17(13,14)15)8-5-3-2-4-6-8/h8H,2-7H2,1H3,(H,13,14,15). The fourth-order valence-corrected chi connectivity index (χ4v) is 3.21. The molecule has 7 heteroatoms. The van der Waals surface area contributed by atoms with E-state index in [9.17, 15) is 17.6 Å². The Hall–Kier alpha value is -0.690. The van der Waals surface area contributed by atoms with Crippen molar-refractivity contribution in [2.24, 2.45) is 5.92 Å². The molecule has 0 aliphatic heterocycles. The van der Waals surface area contributed by atoms with Crippen LogP contribution in [0.5, 0.6) is 0 Å². The number of rotatable bonds is 4. The van der Waals surface area contributed by atoms with Crippen molar-refractivity contribution in [2.45, 2.75) is 43.5 Å². The van der Waals surface area contributed by atoms with Crippen LogP contribution in [-0.4, -0.2) is 31.1 Å². The number of alkyl halides is 1. The second kappa shape index (κ2) is 5.30. The fourth-order valence-electron chi connectivity index (χ4n) is 2.25. The SMILES string of the molecule is COC(=O)CC(F)(C1CCCCC1)S(=O)(=O)O. The van der Waals surface area contributed by atoms with Gasteiger partial charge in [-0.15, -0.1) is 0 Å². The number of esters is 1. The van der Waals surface area contributed by atoms with Gasteiger partial charge in [0.1, 0.15) is 0 Å². The van der Waals surface area contributed by atoms with Crippen molar-refractivity contribution in [3.05, 3.63) is 0 Å². The quantitative estimate of drug-likeness (QED) is 0.619. The molecular weight excluding hydrogens is 251 g/mol. The van der Waals surface area contributed by atoms with Crippen LogP contribution in [0.2, 0.25) is 0 Å². The number of carbonyl (C=O) groups excluding carboxylic acids is 1. The molecule has 0 aromatic carbocycles. The number of methoxy groups -OCH3 is 1. The van der Waals surface area contributed by atoms with Gasteiger partial charge in [0.25, 0.3) is 0 Å². The molecule has 1 saturated carbocycles. The first-order valence-electron chi connectivity index (χ1n) is 5.54. The van der Waals surface area contributed by atoms with E-state index in [4.69, 9.17) is 4.55 Å². The van der Waals surface area contributed by atoms with E-state index in [-0.39, 0.29) is 0 Å². The molecule has 0 aromatic rings. The normalized spacial score (nSPS) is 21.8. The Bertz CT molecular complexity index is 374. The van der Waals surface area contributed by atoms with Crippen LogP contribution in [0.15, 0.2) is 0 Å². The number of halogens is 1. The molecular formula is C10H17FO5S. The van der Waals surface area contributed by atoms with Crippen LogP contribution in [0, 0.1) is 5.92 Å². The topological polar surface area (TPSA) is 80.7 Å². The van der Waals surface area contributed by atoms with E-state index in [0.717, 1.165) is 13.5 Å². The lowest BCUT2D eigenvalue weighted by atomic mass is 9.84. The Balaban J connectivity index is 2.96. The van der Waals surface area contributed by atoms with Crippen LogP contribution in [0.4, 0.5) is 4.39 Å². The predicted molar refractivity (Wildman–Crippen MR) is 58.6 cm³/mol. The van der Waals surface area contributed by atoms with Crippen molar-refractivity contribution >= 4 is 16.1 Å². The maximum Gasteiger partial charge on any atom is 0.309 e. The van der Waals surface area contributed by atoms with Crippen molar-refractivity contribution < 1.29 is 26.9 Å². The maximum atomic E-state index is 14.5. The molecule has 17 heavy (non-hydrogen) atoms. The molecule has 1 aliphatic carbocycles. The lowest BCUT2D eigenvalue weighted by Crippen LogP contribution is -2.44. The van der Waals surface area contributed by atoms with E-state index in [2.05, 4.69) is 4.74 Å². The minimum absolute atomic E-state index is 0.354. The summed E-state index contributed by atoms with van der Waals surface area (Å²) < 4.78 is 50.1. The highest BCUT2D eigenvalue weighted by molar-refractivity contribution is 7.87. The Labute approximate surface area is 100 Å². The molecule has 0 saturated heterocycles. The fraction of sp³-hybridized carbons (Fsp3) is 0.900. The lowest BCUT2D eigenvalue weighted by molar-refractivity contribution is -0.143. The Morgan fingerprint density at radius 1 is 1.41 bits per heavy atom. The summed E-state index contributed by atoms with van der Waals surface area (Å²) in [6.07, 6.45) is 2.07. The van der Waals surface area contributed by atoms with E-state index >= 15 is 0 Å². The average Bonchev–Trinajstić information content (AvgIpc) is 2.28. The summed E-state index contributed by atoms with van der Waals surface area (Å²) in [5.41, 5.74) is 0. The Morgan fingerprint density at radius 3 is 2.35 bits per heavy atom. The molecule has 0 aromatic heterocycles. The van der Waals surface area contributed by atoms with Gasteiger partial charge >= 0.3 is 16.1 Å². The molecule has 0 heterocycles. The molecule has 1 rings (SSSR count). The number of carbonyl (C=O) groups is 1. The second-order valence-corrected chi connectivity index (χ2v) is 5.98. The van der Waals surface area contributed by atoms with E-state index in [1.165, 1.54) is 0 Å². The molecule has 0 amide bonds. The van der Waals surface area contributed by atoms with Gasteiger partial charge in [-0.2, -0.15) is 8.42 Å². The van der Waals surface area contributed by atoms with E-state index in [1.807, 2.05) is 0 Å². The summed E-state index contributed by atoms with van der Waals surface area (Å²) in [6, 6.07) is 0. The van der Waals surface area contributed by atoms with Crippen LogP contribution < -0.4 is 0 Å². The zero-order chi connectivity index (χ0) is 13.1. The summed E-state index contributed by atoms with van der Waals surface area (Å²) >= 11 is 0. The minimum atomic E-state index is -4.94. The molecule has 5 nitrogen and oxygen atoms in total. The number of hydrogen-bond donors (Lipinski definition) is 1. The third kappa shape index (κ3) is 3.16. The van der Waals surface area contributed by atoms with Gasteiger partial charge in [0, 0.05) is 5.92 Å². The summed E-state index contributed by atoms with van der Waals surface area (Å²) in [6.45, 7) is 0. The number of hydrogen-bond acceptors (Lipinski definition) is 4. The van der Waals surface area contributed by atoms with Gasteiger partial charge in [0.05, 0.1) is 13.5 Å². The first-order chi connectivity index (χ1) is 7.81. The van der Waals surface area contributed by atoms with Crippen LogP contribution in [0.1, 0.15) is 38.5 Å². The van der Waals surface area contributed by atoms with Crippen molar-refractivity contribution in [1.29, 1.82) is 0 Å².